The molecule has 0 aromatic carbocycles. The zero-order valence-electron chi connectivity index (χ0n) is 8.42. The standard InChI is InChI=1S/C10H15F2NO2/c1-2-9(14)13-7-5-3-4-6-8(7)15-10(11)12/h2,7-8,10H,1,3-6H2,(H,13,14)/t7-,8-/m1/s1. The molecule has 1 amide bonds. The third-order valence-electron chi connectivity index (χ3n) is 2.49. The number of alkyl halides is 2. The van der Waals surface area contributed by atoms with Crippen LogP contribution in [0.1, 0.15) is 25.7 Å². The van der Waals surface area contributed by atoms with Gasteiger partial charge in [-0.15, -0.1) is 0 Å². The van der Waals surface area contributed by atoms with Crippen molar-refractivity contribution in [3.05, 3.63) is 12.7 Å². The predicted octanol–water partition coefficient (Wildman–Crippen LogP) is 1.84. The number of carbonyl (C=O) groups is 1. The van der Waals surface area contributed by atoms with Gasteiger partial charge in [0.1, 0.15) is 0 Å². The molecule has 1 saturated carbocycles. The maximum atomic E-state index is 12.1. The first-order valence-corrected chi connectivity index (χ1v) is 5.00. The lowest BCUT2D eigenvalue weighted by atomic mass is 9.92. The van der Waals surface area contributed by atoms with E-state index in [-0.39, 0.29) is 11.9 Å². The van der Waals surface area contributed by atoms with E-state index in [9.17, 15) is 13.6 Å². The highest BCUT2D eigenvalue weighted by Gasteiger charge is 2.28. The SMILES string of the molecule is C=CC(=O)N[C@@H]1CCCC[C@H]1OC(F)F. The van der Waals surface area contributed by atoms with Crippen LogP contribution in [-0.2, 0) is 9.53 Å². The van der Waals surface area contributed by atoms with Crippen molar-refractivity contribution >= 4 is 5.91 Å². The summed E-state index contributed by atoms with van der Waals surface area (Å²) in [6.07, 6.45) is 3.57. The highest BCUT2D eigenvalue weighted by atomic mass is 19.3. The first-order valence-electron chi connectivity index (χ1n) is 5.00. The van der Waals surface area contributed by atoms with E-state index < -0.39 is 12.7 Å². The van der Waals surface area contributed by atoms with Crippen molar-refractivity contribution in [2.75, 3.05) is 0 Å². The molecule has 0 bridgehead atoms. The lowest BCUT2D eigenvalue weighted by Crippen LogP contribution is -2.46. The Bertz CT molecular complexity index is 233. The number of ether oxygens (including phenoxy) is 1. The van der Waals surface area contributed by atoms with Gasteiger partial charge in [-0.2, -0.15) is 8.78 Å². The molecule has 0 saturated heterocycles. The highest BCUT2D eigenvalue weighted by Crippen LogP contribution is 2.23. The molecule has 0 spiro atoms. The summed E-state index contributed by atoms with van der Waals surface area (Å²) < 4.78 is 28.6. The summed E-state index contributed by atoms with van der Waals surface area (Å²) in [6, 6.07) is -0.321. The Morgan fingerprint density at radius 2 is 2.13 bits per heavy atom. The highest BCUT2D eigenvalue weighted by molar-refractivity contribution is 5.87. The van der Waals surface area contributed by atoms with Crippen molar-refractivity contribution < 1.29 is 18.3 Å². The first-order chi connectivity index (χ1) is 7.13. The average molecular weight is 219 g/mol. The van der Waals surface area contributed by atoms with Crippen LogP contribution in [-0.4, -0.2) is 24.7 Å². The fraction of sp³-hybridized carbons (Fsp3) is 0.700. The summed E-state index contributed by atoms with van der Waals surface area (Å²) in [6.45, 7) is 0.530. The van der Waals surface area contributed by atoms with Crippen LogP contribution in [0.5, 0.6) is 0 Å². The molecule has 86 valence electrons. The molecule has 15 heavy (non-hydrogen) atoms. The smallest absolute Gasteiger partial charge is 0.345 e. The van der Waals surface area contributed by atoms with E-state index >= 15 is 0 Å². The summed E-state index contributed by atoms with van der Waals surface area (Å²) in [7, 11) is 0. The number of carbonyl (C=O) groups excluding carboxylic acids is 1. The second-order valence-electron chi connectivity index (χ2n) is 3.54. The lowest BCUT2D eigenvalue weighted by molar-refractivity contribution is -0.177. The Kier molecular flexibility index (Phi) is 4.68. The van der Waals surface area contributed by atoms with E-state index in [0.717, 1.165) is 18.9 Å². The normalized spacial score (nSPS) is 26.3. The molecule has 0 radical (unpaired) electrons. The number of nitrogens with one attached hydrogen (secondary N) is 1. The van der Waals surface area contributed by atoms with E-state index in [1.165, 1.54) is 0 Å². The second-order valence-corrected chi connectivity index (χ2v) is 3.54. The van der Waals surface area contributed by atoms with Crippen LogP contribution >= 0.6 is 0 Å². The molecule has 3 nitrogen and oxygen atoms in total. The van der Waals surface area contributed by atoms with Crippen molar-refractivity contribution in [3.63, 3.8) is 0 Å². The molecule has 1 aliphatic carbocycles. The topological polar surface area (TPSA) is 38.3 Å². The summed E-state index contributed by atoms with van der Waals surface area (Å²) in [5, 5.41) is 2.61. The summed E-state index contributed by atoms with van der Waals surface area (Å²) in [5.41, 5.74) is 0. The van der Waals surface area contributed by atoms with Crippen LogP contribution in [0.4, 0.5) is 8.78 Å². The molecule has 0 heterocycles. The van der Waals surface area contributed by atoms with Crippen LogP contribution in [0.3, 0.4) is 0 Å². The van der Waals surface area contributed by atoms with Crippen molar-refractivity contribution in [3.8, 4) is 0 Å². The van der Waals surface area contributed by atoms with Crippen molar-refractivity contribution in [2.45, 2.75) is 44.4 Å². The fourth-order valence-corrected chi connectivity index (χ4v) is 1.80. The molecule has 1 aliphatic rings. The molecular formula is C10H15F2NO2. The van der Waals surface area contributed by atoms with Crippen LogP contribution in [0.25, 0.3) is 0 Å². The van der Waals surface area contributed by atoms with Crippen molar-refractivity contribution in [1.82, 2.24) is 5.32 Å². The van der Waals surface area contributed by atoms with Gasteiger partial charge in [0.25, 0.3) is 0 Å². The molecule has 0 aliphatic heterocycles. The molecule has 0 unspecified atom stereocenters. The number of hydrogen-bond acceptors (Lipinski definition) is 2. The fourth-order valence-electron chi connectivity index (χ4n) is 1.80. The van der Waals surface area contributed by atoms with E-state index in [2.05, 4.69) is 16.6 Å². The van der Waals surface area contributed by atoms with Gasteiger partial charge in [0.2, 0.25) is 5.91 Å². The summed E-state index contributed by atoms with van der Waals surface area (Å²) >= 11 is 0. The molecule has 1 N–H and O–H groups in total. The summed E-state index contributed by atoms with van der Waals surface area (Å²) in [4.78, 5) is 11.0. The number of halogens is 2. The number of hydrogen-bond donors (Lipinski definition) is 1. The maximum Gasteiger partial charge on any atom is 0.345 e. The van der Waals surface area contributed by atoms with Crippen LogP contribution in [0.15, 0.2) is 12.7 Å². The zero-order valence-corrected chi connectivity index (χ0v) is 8.42. The van der Waals surface area contributed by atoms with Crippen molar-refractivity contribution in [2.24, 2.45) is 0 Å². The van der Waals surface area contributed by atoms with Gasteiger partial charge < -0.3 is 10.1 Å². The molecular weight excluding hydrogens is 204 g/mol. The third kappa shape index (κ3) is 3.95. The van der Waals surface area contributed by atoms with E-state index in [4.69, 9.17) is 0 Å². The van der Waals surface area contributed by atoms with Gasteiger partial charge in [-0.05, 0) is 18.9 Å². The van der Waals surface area contributed by atoms with Gasteiger partial charge in [0, 0.05) is 0 Å². The molecule has 0 aromatic rings. The molecule has 5 heteroatoms. The van der Waals surface area contributed by atoms with E-state index in [0.29, 0.717) is 12.8 Å². The molecule has 1 rings (SSSR count). The monoisotopic (exact) mass is 219 g/mol. The Morgan fingerprint density at radius 1 is 1.47 bits per heavy atom. The van der Waals surface area contributed by atoms with Gasteiger partial charge >= 0.3 is 6.61 Å². The number of amides is 1. The largest absolute Gasteiger partial charge is 0.347 e. The minimum absolute atomic E-state index is 0.321. The number of rotatable bonds is 4. The van der Waals surface area contributed by atoms with Crippen LogP contribution in [0, 0.1) is 0 Å². The predicted molar refractivity (Wildman–Crippen MR) is 51.5 cm³/mol. The Balaban J connectivity index is 2.49. The van der Waals surface area contributed by atoms with Gasteiger partial charge in [-0.25, -0.2) is 0 Å². The minimum atomic E-state index is -2.78. The van der Waals surface area contributed by atoms with Gasteiger partial charge in [0.15, 0.2) is 0 Å². The Hall–Kier alpha value is -0.970. The maximum absolute atomic E-state index is 12.1. The Morgan fingerprint density at radius 3 is 2.73 bits per heavy atom. The minimum Gasteiger partial charge on any atom is -0.347 e. The van der Waals surface area contributed by atoms with Crippen LogP contribution < -0.4 is 5.32 Å². The van der Waals surface area contributed by atoms with E-state index in [1.807, 2.05) is 0 Å². The molecule has 0 aromatic heterocycles. The lowest BCUT2D eigenvalue weighted by Gasteiger charge is -2.31. The van der Waals surface area contributed by atoms with Crippen molar-refractivity contribution in [1.29, 1.82) is 0 Å². The van der Waals surface area contributed by atoms with Gasteiger partial charge in [-0.1, -0.05) is 19.4 Å². The summed E-state index contributed by atoms with van der Waals surface area (Å²) in [5.74, 6) is -0.343. The van der Waals surface area contributed by atoms with Gasteiger partial charge in [0.05, 0.1) is 12.1 Å². The second kappa shape index (κ2) is 5.80. The van der Waals surface area contributed by atoms with E-state index in [1.54, 1.807) is 0 Å². The molecule has 2 atom stereocenters. The average Bonchev–Trinajstić information content (AvgIpc) is 2.20. The quantitative estimate of drug-likeness (QED) is 0.733. The zero-order chi connectivity index (χ0) is 11.3. The van der Waals surface area contributed by atoms with Gasteiger partial charge in [-0.3, -0.25) is 4.79 Å². The first kappa shape index (κ1) is 12.1. The molecule has 1 fully saturated rings. The van der Waals surface area contributed by atoms with Crippen LogP contribution in [0.2, 0.25) is 0 Å². The Labute approximate surface area is 87.5 Å². The third-order valence-corrected chi connectivity index (χ3v) is 2.49.